The summed E-state index contributed by atoms with van der Waals surface area (Å²) in [6, 6.07) is 9.43. The van der Waals surface area contributed by atoms with Gasteiger partial charge in [-0.25, -0.2) is 8.78 Å². The van der Waals surface area contributed by atoms with E-state index in [9.17, 15) is 8.78 Å². The number of ether oxygens (including phenoxy) is 1. The highest BCUT2D eigenvalue weighted by Gasteiger charge is 2.26. The molecule has 0 amide bonds. The Morgan fingerprint density at radius 3 is 1.44 bits per heavy atom. The average Bonchev–Trinajstić information content (AvgIpc) is 2.52. The molecular formula is C20H22Cl2F2O. The van der Waals surface area contributed by atoms with Crippen molar-refractivity contribution in [1.82, 2.24) is 0 Å². The molecule has 2 rings (SSSR count). The van der Waals surface area contributed by atoms with Gasteiger partial charge in [0.2, 0.25) is 0 Å². The minimum atomic E-state index is -0.434. The molecule has 136 valence electrons. The Morgan fingerprint density at radius 2 is 1.12 bits per heavy atom. The van der Waals surface area contributed by atoms with Crippen molar-refractivity contribution in [3.05, 3.63) is 69.2 Å². The highest BCUT2D eigenvalue weighted by Crippen LogP contribution is 2.30. The van der Waals surface area contributed by atoms with Crippen molar-refractivity contribution in [3.8, 4) is 0 Å². The normalized spacial score (nSPS) is 12.5. The number of halogens is 4. The van der Waals surface area contributed by atoms with Crippen molar-refractivity contribution in [2.45, 2.75) is 38.5 Å². The lowest BCUT2D eigenvalue weighted by molar-refractivity contribution is 0.0633. The molecular weight excluding hydrogens is 365 g/mol. The van der Waals surface area contributed by atoms with E-state index in [1.807, 2.05) is 27.7 Å². The second-order valence-corrected chi connectivity index (χ2v) is 8.33. The Balaban J connectivity index is 2.04. The molecule has 0 bridgehead atoms. The molecule has 0 unspecified atom stereocenters. The zero-order valence-corrected chi connectivity index (χ0v) is 16.3. The SMILES string of the molecule is CC(C)(COCC(C)(C)c1ccc(F)c(Cl)c1)c1ccc(F)c(Cl)c1. The average molecular weight is 387 g/mol. The maximum atomic E-state index is 13.3. The molecule has 0 saturated heterocycles. The van der Waals surface area contributed by atoms with Gasteiger partial charge in [0.1, 0.15) is 11.6 Å². The van der Waals surface area contributed by atoms with Gasteiger partial charge in [0.15, 0.2) is 0 Å². The van der Waals surface area contributed by atoms with Crippen LogP contribution in [0.4, 0.5) is 8.78 Å². The fraction of sp³-hybridized carbons (Fsp3) is 0.400. The topological polar surface area (TPSA) is 9.23 Å². The number of rotatable bonds is 6. The van der Waals surface area contributed by atoms with Crippen molar-refractivity contribution in [1.29, 1.82) is 0 Å². The van der Waals surface area contributed by atoms with E-state index in [4.69, 9.17) is 27.9 Å². The lowest BCUT2D eigenvalue weighted by Crippen LogP contribution is -2.30. The van der Waals surface area contributed by atoms with Crippen LogP contribution in [0.15, 0.2) is 36.4 Å². The van der Waals surface area contributed by atoms with Gasteiger partial charge in [0, 0.05) is 10.8 Å². The second kappa shape index (κ2) is 7.61. The first-order valence-corrected chi connectivity index (χ1v) is 8.77. The fourth-order valence-electron chi connectivity index (χ4n) is 2.56. The Hall–Kier alpha value is -1.16. The van der Waals surface area contributed by atoms with Gasteiger partial charge in [-0.05, 0) is 35.4 Å². The van der Waals surface area contributed by atoms with E-state index >= 15 is 0 Å². The van der Waals surface area contributed by atoms with Crippen LogP contribution in [0.1, 0.15) is 38.8 Å². The van der Waals surface area contributed by atoms with E-state index in [-0.39, 0.29) is 20.9 Å². The molecule has 1 nitrogen and oxygen atoms in total. The molecule has 0 spiro atoms. The van der Waals surface area contributed by atoms with Gasteiger partial charge in [0.05, 0.1) is 23.3 Å². The first-order chi connectivity index (χ1) is 11.5. The van der Waals surface area contributed by atoms with Gasteiger partial charge in [-0.15, -0.1) is 0 Å². The van der Waals surface area contributed by atoms with Crippen LogP contribution in [0.5, 0.6) is 0 Å². The molecule has 25 heavy (non-hydrogen) atoms. The molecule has 0 aliphatic carbocycles. The molecule has 0 radical (unpaired) electrons. The van der Waals surface area contributed by atoms with Crippen molar-refractivity contribution in [2.24, 2.45) is 0 Å². The molecule has 0 aromatic heterocycles. The molecule has 0 saturated carbocycles. The molecule has 0 fully saturated rings. The third kappa shape index (κ3) is 4.93. The maximum absolute atomic E-state index is 13.3. The Kier molecular flexibility index (Phi) is 6.13. The highest BCUT2D eigenvalue weighted by molar-refractivity contribution is 6.31. The quantitative estimate of drug-likeness (QED) is 0.547. The lowest BCUT2D eigenvalue weighted by Gasteiger charge is -2.30. The van der Waals surface area contributed by atoms with Gasteiger partial charge in [-0.3, -0.25) is 0 Å². The van der Waals surface area contributed by atoms with Gasteiger partial charge < -0.3 is 4.74 Å². The molecule has 0 atom stereocenters. The van der Waals surface area contributed by atoms with Crippen LogP contribution in [0, 0.1) is 11.6 Å². The number of hydrogen-bond donors (Lipinski definition) is 0. The predicted molar refractivity (Wildman–Crippen MR) is 99.7 cm³/mol. The van der Waals surface area contributed by atoms with Crippen LogP contribution in [-0.2, 0) is 15.6 Å². The van der Waals surface area contributed by atoms with Gasteiger partial charge >= 0.3 is 0 Å². The fourth-order valence-corrected chi connectivity index (χ4v) is 2.92. The lowest BCUT2D eigenvalue weighted by atomic mass is 9.84. The van der Waals surface area contributed by atoms with Crippen molar-refractivity contribution >= 4 is 23.2 Å². The highest BCUT2D eigenvalue weighted by atomic mass is 35.5. The Labute approximate surface area is 157 Å². The third-order valence-electron chi connectivity index (χ3n) is 4.33. The molecule has 0 aliphatic rings. The summed E-state index contributed by atoms with van der Waals surface area (Å²) in [5.74, 6) is -0.868. The molecule has 2 aromatic rings. The van der Waals surface area contributed by atoms with Crippen LogP contribution >= 0.6 is 23.2 Å². The number of benzene rings is 2. The van der Waals surface area contributed by atoms with E-state index in [2.05, 4.69) is 0 Å². The minimum absolute atomic E-state index is 0.104. The minimum Gasteiger partial charge on any atom is -0.380 e. The molecule has 0 N–H and O–H groups in total. The first-order valence-electron chi connectivity index (χ1n) is 8.02. The monoisotopic (exact) mass is 386 g/mol. The zero-order chi connectivity index (χ0) is 18.8. The van der Waals surface area contributed by atoms with Crippen LogP contribution < -0.4 is 0 Å². The van der Waals surface area contributed by atoms with Crippen molar-refractivity contribution < 1.29 is 13.5 Å². The Bertz CT molecular complexity index is 694. The zero-order valence-electron chi connectivity index (χ0n) is 14.8. The summed E-state index contributed by atoms with van der Waals surface area (Å²) in [7, 11) is 0. The Morgan fingerprint density at radius 1 is 0.760 bits per heavy atom. The predicted octanol–water partition coefficient (Wildman–Crippen LogP) is 6.54. The van der Waals surface area contributed by atoms with Gasteiger partial charge in [-0.2, -0.15) is 0 Å². The molecule has 0 heterocycles. The van der Waals surface area contributed by atoms with E-state index in [1.54, 1.807) is 24.3 Å². The number of hydrogen-bond acceptors (Lipinski definition) is 1. The van der Waals surface area contributed by atoms with Crippen LogP contribution in [0.3, 0.4) is 0 Å². The van der Waals surface area contributed by atoms with Gasteiger partial charge in [0.25, 0.3) is 0 Å². The van der Waals surface area contributed by atoms with Crippen LogP contribution in [0.2, 0.25) is 10.0 Å². The molecule has 5 heteroatoms. The van der Waals surface area contributed by atoms with E-state index < -0.39 is 11.6 Å². The smallest absolute Gasteiger partial charge is 0.141 e. The van der Waals surface area contributed by atoms with Crippen LogP contribution in [0.25, 0.3) is 0 Å². The third-order valence-corrected chi connectivity index (χ3v) is 4.91. The summed E-state index contributed by atoms with van der Waals surface area (Å²) in [5.41, 5.74) is 1.16. The van der Waals surface area contributed by atoms with Crippen molar-refractivity contribution in [3.63, 3.8) is 0 Å². The van der Waals surface area contributed by atoms with E-state index in [1.165, 1.54) is 12.1 Å². The van der Waals surface area contributed by atoms with Crippen LogP contribution in [-0.4, -0.2) is 13.2 Å². The summed E-state index contributed by atoms with van der Waals surface area (Å²) in [5, 5.41) is 0.207. The van der Waals surface area contributed by atoms with E-state index in [0.29, 0.717) is 13.2 Å². The van der Waals surface area contributed by atoms with Gasteiger partial charge in [-0.1, -0.05) is 63.0 Å². The summed E-state index contributed by atoms with van der Waals surface area (Å²) >= 11 is 11.8. The standard InChI is InChI=1S/C20H22Cl2F2O/c1-19(2,13-5-7-17(23)15(21)9-13)11-25-12-20(3,4)14-6-8-18(24)16(22)10-14/h5-10H,11-12H2,1-4H3. The summed E-state index contributed by atoms with van der Waals surface area (Å²) < 4.78 is 32.6. The maximum Gasteiger partial charge on any atom is 0.141 e. The van der Waals surface area contributed by atoms with E-state index in [0.717, 1.165) is 11.1 Å². The largest absolute Gasteiger partial charge is 0.380 e. The molecule has 0 aliphatic heterocycles. The summed E-state index contributed by atoms with van der Waals surface area (Å²) in [6.07, 6.45) is 0. The first kappa shape index (κ1) is 20.2. The second-order valence-electron chi connectivity index (χ2n) is 7.52. The summed E-state index contributed by atoms with van der Waals surface area (Å²) in [6.45, 7) is 8.92. The molecule has 2 aromatic carbocycles. The summed E-state index contributed by atoms with van der Waals surface area (Å²) in [4.78, 5) is 0. The van der Waals surface area contributed by atoms with Crippen molar-refractivity contribution in [2.75, 3.05) is 13.2 Å².